The van der Waals surface area contributed by atoms with Gasteiger partial charge >= 0.3 is 0 Å². The zero-order valence-corrected chi connectivity index (χ0v) is 15.2. The second kappa shape index (κ2) is 9.02. The summed E-state index contributed by atoms with van der Waals surface area (Å²) in [6, 6.07) is 4.10. The van der Waals surface area contributed by atoms with Crippen LogP contribution in [0, 0.1) is 5.92 Å². The number of methoxy groups -OCH3 is 1. The molecule has 1 aliphatic carbocycles. The van der Waals surface area contributed by atoms with E-state index in [0.717, 1.165) is 44.6 Å². The van der Waals surface area contributed by atoms with Crippen LogP contribution in [0.5, 0.6) is 5.88 Å². The lowest BCUT2D eigenvalue weighted by molar-refractivity contribution is -0.126. The monoisotopic (exact) mass is 346 g/mol. The molecule has 3 rings (SSSR count). The minimum Gasteiger partial charge on any atom is -0.480 e. The quantitative estimate of drug-likeness (QED) is 0.908. The van der Waals surface area contributed by atoms with Crippen molar-refractivity contribution < 1.29 is 9.53 Å². The standard InChI is InChI=1S/C19H30N4O2/c1-25-18-12-11-17(21-22-18)23-13-7-8-15(14-23)19(24)20-16-9-5-3-2-4-6-10-16/h11-12,15-16H,2-10,13-14H2,1H3,(H,20,24)/t15-/m1/s1. The van der Waals surface area contributed by atoms with Crippen LogP contribution in [0.15, 0.2) is 12.1 Å². The largest absolute Gasteiger partial charge is 0.480 e. The first-order chi connectivity index (χ1) is 12.3. The Bertz CT molecular complexity index is 541. The van der Waals surface area contributed by atoms with E-state index in [-0.39, 0.29) is 11.8 Å². The molecule has 6 heteroatoms. The third kappa shape index (κ3) is 5.06. The fourth-order valence-electron chi connectivity index (χ4n) is 3.91. The number of piperidine rings is 1. The van der Waals surface area contributed by atoms with Gasteiger partial charge in [0.1, 0.15) is 0 Å². The minimum absolute atomic E-state index is 0.0445. The maximum atomic E-state index is 12.7. The van der Waals surface area contributed by atoms with Crippen molar-refractivity contribution in [2.24, 2.45) is 5.92 Å². The molecule has 25 heavy (non-hydrogen) atoms. The summed E-state index contributed by atoms with van der Waals surface area (Å²) in [6.07, 6.45) is 10.7. The van der Waals surface area contributed by atoms with E-state index in [1.54, 1.807) is 7.11 Å². The van der Waals surface area contributed by atoms with Gasteiger partial charge in [-0.3, -0.25) is 4.79 Å². The number of carbonyl (C=O) groups excluding carboxylic acids is 1. The van der Waals surface area contributed by atoms with Crippen molar-refractivity contribution in [3.8, 4) is 5.88 Å². The highest BCUT2D eigenvalue weighted by Crippen LogP contribution is 2.23. The van der Waals surface area contributed by atoms with Crippen molar-refractivity contribution in [2.75, 3.05) is 25.1 Å². The maximum absolute atomic E-state index is 12.7. The second-order valence-corrected chi connectivity index (χ2v) is 7.27. The summed E-state index contributed by atoms with van der Waals surface area (Å²) in [4.78, 5) is 14.9. The molecule has 6 nitrogen and oxygen atoms in total. The van der Waals surface area contributed by atoms with Crippen LogP contribution in [-0.2, 0) is 4.79 Å². The van der Waals surface area contributed by atoms with E-state index in [1.165, 1.54) is 32.1 Å². The third-order valence-electron chi connectivity index (χ3n) is 5.40. The second-order valence-electron chi connectivity index (χ2n) is 7.27. The topological polar surface area (TPSA) is 67.3 Å². The van der Waals surface area contributed by atoms with Crippen LogP contribution in [-0.4, -0.2) is 42.3 Å². The molecule has 0 unspecified atom stereocenters. The molecule has 2 fully saturated rings. The number of hydrogen-bond donors (Lipinski definition) is 1. The molecule has 0 bridgehead atoms. The summed E-state index contributed by atoms with van der Waals surface area (Å²) in [7, 11) is 1.58. The molecule has 1 aliphatic heterocycles. The minimum atomic E-state index is 0.0445. The van der Waals surface area contributed by atoms with Gasteiger partial charge in [0, 0.05) is 25.2 Å². The number of aromatic nitrogens is 2. The molecule has 1 aromatic heterocycles. The number of rotatable bonds is 4. The summed E-state index contributed by atoms with van der Waals surface area (Å²) in [5.74, 6) is 1.60. The summed E-state index contributed by atoms with van der Waals surface area (Å²) >= 11 is 0. The van der Waals surface area contributed by atoms with Gasteiger partial charge in [-0.25, -0.2) is 0 Å². The Kier molecular flexibility index (Phi) is 6.48. The average molecular weight is 346 g/mol. The van der Waals surface area contributed by atoms with Crippen LogP contribution in [0.3, 0.4) is 0 Å². The van der Waals surface area contributed by atoms with Gasteiger partial charge in [-0.05, 0) is 31.7 Å². The van der Waals surface area contributed by atoms with Gasteiger partial charge in [0.15, 0.2) is 5.82 Å². The van der Waals surface area contributed by atoms with Crippen LogP contribution in [0.25, 0.3) is 0 Å². The molecule has 0 aromatic carbocycles. The Balaban J connectivity index is 1.55. The number of nitrogens with zero attached hydrogens (tertiary/aromatic N) is 3. The van der Waals surface area contributed by atoms with E-state index in [9.17, 15) is 4.79 Å². The van der Waals surface area contributed by atoms with Crippen LogP contribution in [0.2, 0.25) is 0 Å². The van der Waals surface area contributed by atoms with Crippen LogP contribution in [0.1, 0.15) is 57.8 Å². The highest BCUT2D eigenvalue weighted by atomic mass is 16.5. The van der Waals surface area contributed by atoms with Gasteiger partial charge in [-0.2, -0.15) is 0 Å². The molecule has 1 amide bonds. The first-order valence-electron chi connectivity index (χ1n) is 9.69. The van der Waals surface area contributed by atoms with Crippen molar-refractivity contribution in [1.82, 2.24) is 15.5 Å². The van der Waals surface area contributed by atoms with Gasteiger partial charge in [0.25, 0.3) is 0 Å². The van der Waals surface area contributed by atoms with Gasteiger partial charge in [-0.1, -0.05) is 32.1 Å². The molecule has 1 saturated carbocycles. The Labute approximate surface area is 150 Å². The van der Waals surface area contributed by atoms with Gasteiger partial charge in [-0.15, -0.1) is 10.2 Å². The van der Waals surface area contributed by atoms with Crippen molar-refractivity contribution in [3.63, 3.8) is 0 Å². The highest BCUT2D eigenvalue weighted by Gasteiger charge is 2.28. The Hall–Kier alpha value is -1.85. The number of hydrogen-bond acceptors (Lipinski definition) is 5. The van der Waals surface area contributed by atoms with Crippen molar-refractivity contribution in [1.29, 1.82) is 0 Å². The lowest BCUT2D eigenvalue weighted by Crippen LogP contribution is -2.46. The Morgan fingerprint density at radius 2 is 1.84 bits per heavy atom. The molecule has 1 atom stereocenters. The van der Waals surface area contributed by atoms with Gasteiger partial charge < -0.3 is 15.0 Å². The number of ether oxygens (including phenoxy) is 1. The molecular formula is C19H30N4O2. The molecule has 138 valence electrons. The zero-order chi connectivity index (χ0) is 17.5. The molecular weight excluding hydrogens is 316 g/mol. The Morgan fingerprint density at radius 3 is 2.52 bits per heavy atom. The maximum Gasteiger partial charge on any atom is 0.233 e. The van der Waals surface area contributed by atoms with E-state index in [2.05, 4.69) is 20.4 Å². The lowest BCUT2D eigenvalue weighted by Gasteiger charge is -2.33. The molecule has 1 saturated heterocycles. The summed E-state index contributed by atoms with van der Waals surface area (Å²) in [5.41, 5.74) is 0. The van der Waals surface area contributed by atoms with Crippen molar-refractivity contribution in [3.05, 3.63) is 12.1 Å². The molecule has 0 spiro atoms. The molecule has 1 N–H and O–H groups in total. The summed E-state index contributed by atoms with van der Waals surface area (Å²) in [5, 5.41) is 11.6. The smallest absolute Gasteiger partial charge is 0.233 e. The number of nitrogens with one attached hydrogen (secondary N) is 1. The lowest BCUT2D eigenvalue weighted by atomic mass is 9.94. The first-order valence-corrected chi connectivity index (χ1v) is 9.69. The van der Waals surface area contributed by atoms with Crippen LogP contribution < -0.4 is 15.0 Å². The van der Waals surface area contributed by atoms with E-state index in [4.69, 9.17) is 4.74 Å². The summed E-state index contributed by atoms with van der Waals surface area (Å²) < 4.78 is 5.06. The first kappa shape index (κ1) is 18.0. The summed E-state index contributed by atoms with van der Waals surface area (Å²) in [6.45, 7) is 1.65. The average Bonchev–Trinajstić information content (AvgIpc) is 2.64. The predicted octanol–water partition coefficient (Wildman–Crippen LogP) is 2.93. The molecule has 1 aromatic rings. The van der Waals surface area contributed by atoms with Gasteiger partial charge in [0.05, 0.1) is 13.0 Å². The van der Waals surface area contributed by atoms with E-state index >= 15 is 0 Å². The zero-order valence-electron chi connectivity index (χ0n) is 15.2. The van der Waals surface area contributed by atoms with Gasteiger partial charge in [0.2, 0.25) is 11.8 Å². The Morgan fingerprint density at radius 1 is 1.08 bits per heavy atom. The van der Waals surface area contributed by atoms with Crippen LogP contribution >= 0.6 is 0 Å². The SMILES string of the molecule is COc1ccc(N2CCC[C@@H](C(=O)NC3CCCCCCC3)C2)nn1. The number of amides is 1. The fraction of sp³-hybridized carbons (Fsp3) is 0.737. The fourth-order valence-corrected chi connectivity index (χ4v) is 3.91. The van der Waals surface area contributed by atoms with E-state index in [1.807, 2.05) is 12.1 Å². The van der Waals surface area contributed by atoms with Crippen LogP contribution in [0.4, 0.5) is 5.82 Å². The number of anilines is 1. The van der Waals surface area contributed by atoms with E-state index < -0.39 is 0 Å². The number of carbonyl (C=O) groups is 1. The highest BCUT2D eigenvalue weighted by molar-refractivity contribution is 5.79. The molecule has 2 heterocycles. The molecule has 2 aliphatic rings. The van der Waals surface area contributed by atoms with Crippen molar-refractivity contribution >= 4 is 11.7 Å². The predicted molar refractivity (Wildman–Crippen MR) is 97.8 cm³/mol. The molecule has 0 radical (unpaired) electrons. The van der Waals surface area contributed by atoms with E-state index in [0.29, 0.717) is 11.9 Å². The van der Waals surface area contributed by atoms with Crippen molar-refractivity contribution in [2.45, 2.75) is 63.8 Å². The third-order valence-corrected chi connectivity index (χ3v) is 5.40. The normalized spacial score (nSPS) is 22.8.